The fourth-order valence-electron chi connectivity index (χ4n) is 2.85. The molecular weight excluding hydrogens is 262 g/mol. The zero-order valence-corrected chi connectivity index (χ0v) is 13.2. The maximum atomic E-state index is 11.9. The van der Waals surface area contributed by atoms with Gasteiger partial charge in [-0.25, -0.2) is 5.43 Å². The third kappa shape index (κ3) is 4.31. The average molecular weight is 287 g/mol. The molecular formula is C17H25N3O. The number of carbonyl (C=O) groups is 1. The van der Waals surface area contributed by atoms with E-state index in [-0.39, 0.29) is 12.5 Å². The Hall–Kier alpha value is -1.84. The van der Waals surface area contributed by atoms with Crippen LogP contribution < -0.4 is 10.7 Å². The maximum Gasteiger partial charge on any atom is 0.259 e. The Bertz CT molecular complexity index is 537. The first-order chi connectivity index (χ1) is 10.1. The summed E-state index contributed by atoms with van der Waals surface area (Å²) in [6, 6.07) is 6.15. The molecule has 21 heavy (non-hydrogen) atoms. The summed E-state index contributed by atoms with van der Waals surface area (Å²) in [5, 5.41) is 7.46. The van der Waals surface area contributed by atoms with Crippen LogP contribution in [0.2, 0.25) is 0 Å². The fraction of sp³-hybridized carbons (Fsp3) is 0.529. The van der Waals surface area contributed by atoms with Gasteiger partial charge in [0.2, 0.25) is 0 Å². The molecule has 4 nitrogen and oxygen atoms in total. The van der Waals surface area contributed by atoms with Gasteiger partial charge < -0.3 is 5.32 Å². The molecule has 0 heterocycles. The van der Waals surface area contributed by atoms with Gasteiger partial charge in [0.25, 0.3) is 5.91 Å². The third-order valence-electron chi connectivity index (χ3n) is 4.10. The fourth-order valence-corrected chi connectivity index (χ4v) is 2.85. The Labute approximate surface area is 127 Å². The number of hydrazone groups is 1. The number of nitrogens with zero attached hydrogens (tertiary/aromatic N) is 1. The largest absolute Gasteiger partial charge is 0.376 e. The molecule has 1 unspecified atom stereocenters. The Kier molecular flexibility index (Phi) is 5.37. The topological polar surface area (TPSA) is 53.5 Å². The van der Waals surface area contributed by atoms with Crippen molar-refractivity contribution in [1.29, 1.82) is 0 Å². The minimum absolute atomic E-state index is 0.0933. The van der Waals surface area contributed by atoms with Gasteiger partial charge in [-0.3, -0.25) is 4.79 Å². The number of amides is 1. The normalized spacial score (nSPS) is 19.8. The molecule has 4 heteroatoms. The second kappa shape index (κ2) is 7.25. The lowest BCUT2D eigenvalue weighted by atomic mass is 10.0. The van der Waals surface area contributed by atoms with Gasteiger partial charge in [-0.1, -0.05) is 24.6 Å². The number of carbonyl (C=O) groups excluding carboxylic acids is 1. The van der Waals surface area contributed by atoms with Crippen molar-refractivity contribution in [2.24, 2.45) is 11.0 Å². The predicted molar refractivity (Wildman–Crippen MR) is 87.6 cm³/mol. The van der Waals surface area contributed by atoms with Crippen molar-refractivity contribution < 1.29 is 4.79 Å². The minimum atomic E-state index is -0.0933. The molecule has 1 amide bonds. The second-order valence-corrected chi connectivity index (χ2v) is 5.81. The lowest BCUT2D eigenvalue weighted by molar-refractivity contribution is -0.119. The van der Waals surface area contributed by atoms with Crippen LogP contribution in [0.5, 0.6) is 0 Å². The molecule has 0 radical (unpaired) electrons. The maximum absolute atomic E-state index is 11.9. The summed E-state index contributed by atoms with van der Waals surface area (Å²) in [5.41, 5.74) is 7.19. The summed E-state index contributed by atoms with van der Waals surface area (Å²) in [6.07, 6.45) is 4.51. The number of anilines is 1. The van der Waals surface area contributed by atoms with Crippen LogP contribution >= 0.6 is 0 Å². The zero-order valence-electron chi connectivity index (χ0n) is 13.2. The van der Waals surface area contributed by atoms with Gasteiger partial charge in [-0.15, -0.1) is 0 Å². The summed E-state index contributed by atoms with van der Waals surface area (Å²) in [5.74, 6) is 0.460. The highest BCUT2D eigenvalue weighted by Gasteiger charge is 2.20. The molecule has 1 atom stereocenters. The van der Waals surface area contributed by atoms with E-state index < -0.39 is 0 Å². The molecule has 0 aromatic heterocycles. The number of hydrogen-bond acceptors (Lipinski definition) is 3. The second-order valence-electron chi connectivity index (χ2n) is 5.81. The zero-order chi connectivity index (χ0) is 15.2. The molecule has 1 aromatic carbocycles. The van der Waals surface area contributed by atoms with Crippen molar-refractivity contribution in [1.82, 2.24) is 5.43 Å². The van der Waals surface area contributed by atoms with E-state index in [1.54, 1.807) is 0 Å². The van der Waals surface area contributed by atoms with Crippen LogP contribution in [0.25, 0.3) is 0 Å². The first-order valence-electron chi connectivity index (χ1n) is 7.76. The van der Waals surface area contributed by atoms with Crippen LogP contribution in [0.15, 0.2) is 23.3 Å². The van der Waals surface area contributed by atoms with E-state index >= 15 is 0 Å². The van der Waals surface area contributed by atoms with Crippen molar-refractivity contribution in [3.05, 3.63) is 29.3 Å². The van der Waals surface area contributed by atoms with E-state index in [0.29, 0.717) is 5.92 Å². The van der Waals surface area contributed by atoms with E-state index in [4.69, 9.17) is 0 Å². The predicted octanol–water partition coefficient (Wildman–Crippen LogP) is 3.40. The van der Waals surface area contributed by atoms with E-state index in [2.05, 4.69) is 35.8 Å². The Morgan fingerprint density at radius 3 is 2.90 bits per heavy atom. The van der Waals surface area contributed by atoms with E-state index in [1.165, 1.54) is 18.4 Å². The molecule has 1 aliphatic rings. The van der Waals surface area contributed by atoms with Gasteiger partial charge in [0.1, 0.15) is 0 Å². The van der Waals surface area contributed by atoms with E-state index in [1.807, 2.05) is 19.1 Å². The van der Waals surface area contributed by atoms with Crippen LogP contribution in [-0.4, -0.2) is 18.2 Å². The highest BCUT2D eigenvalue weighted by Crippen LogP contribution is 2.24. The first-order valence-corrected chi connectivity index (χ1v) is 7.76. The smallest absolute Gasteiger partial charge is 0.259 e. The Morgan fingerprint density at radius 2 is 2.19 bits per heavy atom. The first kappa shape index (κ1) is 15.5. The van der Waals surface area contributed by atoms with Gasteiger partial charge in [0.15, 0.2) is 0 Å². The number of nitrogens with one attached hydrogen (secondary N) is 2. The molecule has 0 spiro atoms. The summed E-state index contributed by atoms with van der Waals surface area (Å²) in [6.45, 7) is 6.52. The molecule has 1 aromatic rings. The summed E-state index contributed by atoms with van der Waals surface area (Å²) in [4.78, 5) is 11.9. The number of rotatable bonds is 5. The molecule has 0 aliphatic heterocycles. The number of hydrogen-bond donors (Lipinski definition) is 2. The molecule has 0 saturated heterocycles. The molecule has 2 rings (SSSR count). The lowest BCUT2D eigenvalue weighted by Gasteiger charge is -2.10. The van der Waals surface area contributed by atoms with Crippen LogP contribution in [0.4, 0.5) is 5.69 Å². The Morgan fingerprint density at radius 1 is 1.38 bits per heavy atom. The van der Waals surface area contributed by atoms with Gasteiger partial charge >= 0.3 is 0 Å². The highest BCUT2D eigenvalue weighted by molar-refractivity contribution is 5.90. The summed E-state index contributed by atoms with van der Waals surface area (Å²) in [7, 11) is 0. The molecule has 1 aliphatic carbocycles. The van der Waals surface area contributed by atoms with E-state index in [9.17, 15) is 4.79 Å². The molecule has 114 valence electrons. The van der Waals surface area contributed by atoms with Gasteiger partial charge in [-0.2, -0.15) is 5.10 Å². The molecule has 0 bridgehead atoms. The highest BCUT2D eigenvalue weighted by atomic mass is 16.2. The van der Waals surface area contributed by atoms with Crippen LogP contribution in [0, 0.1) is 19.8 Å². The van der Waals surface area contributed by atoms with Gasteiger partial charge in [0, 0.05) is 11.4 Å². The SMILES string of the molecule is CCC1CCC/C1=N\NC(=O)CNc1ccc(C)cc1C. The molecule has 1 fully saturated rings. The monoisotopic (exact) mass is 287 g/mol. The molecule has 1 saturated carbocycles. The standard InChI is InChI=1S/C17H25N3O/c1-4-14-6-5-7-16(14)19-20-17(21)11-18-15-9-8-12(2)10-13(15)3/h8-10,14,18H,4-7,11H2,1-3H3,(H,20,21)/b19-16+. The van der Waals surface area contributed by atoms with Crippen molar-refractivity contribution in [2.75, 3.05) is 11.9 Å². The van der Waals surface area contributed by atoms with Crippen LogP contribution in [-0.2, 0) is 4.79 Å². The van der Waals surface area contributed by atoms with Crippen molar-refractivity contribution in [3.63, 3.8) is 0 Å². The third-order valence-corrected chi connectivity index (χ3v) is 4.10. The number of benzene rings is 1. The summed E-state index contributed by atoms with van der Waals surface area (Å²) < 4.78 is 0. The van der Waals surface area contributed by atoms with Crippen LogP contribution in [0.3, 0.4) is 0 Å². The minimum Gasteiger partial charge on any atom is -0.376 e. The quantitative estimate of drug-likeness (QED) is 0.816. The lowest BCUT2D eigenvalue weighted by Crippen LogP contribution is -2.27. The van der Waals surface area contributed by atoms with Gasteiger partial charge in [0.05, 0.1) is 6.54 Å². The van der Waals surface area contributed by atoms with Crippen LogP contribution in [0.1, 0.15) is 43.7 Å². The summed E-state index contributed by atoms with van der Waals surface area (Å²) >= 11 is 0. The Balaban J connectivity index is 1.83. The van der Waals surface area contributed by atoms with E-state index in [0.717, 1.165) is 29.8 Å². The van der Waals surface area contributed by atoms with Crippen molar-refractivity contribution in [3.8, 4) is 0 Å². The average Bonchev–Trinajstić information content (AvgIpc) is 2.91. The number of aryl methyl sites for hydroxylation is 2. The van der Waals surface area contributed by atoms with Crippen molar-refractivity contribution >= 4 is 17.3 Å². The molecule has 2 N–H and O–H groups in total. The van der Waals surface area contributed by atoms with Gasteiger partial charge in [-0.05, 0) is 57.1 Å². The van der Waals surface area contributed by atoms with Crippen molar-refractivity contribution in [2.45, 2.75) is 46.5 Å².